The van der Waals surface area contributed by atoms with Gasteiger partial charge in [0.15, 0.2) is 17.3 Å². The predicted molar refractivity (Wildman–Crippen MR) is 199 cm³/mol. The molecular formula is C42H56O8. The zero-order chi connectivity index (χ0) is 37.6. The van der Waals surface area contributed by atoms with Crippen LogP contribution in [-0.2, 0) is 16.0 Å². The van der Waals surface area contributed by atoms with E-state index in [4.69, 9.17) is 4.74 Å². The van der Waals surface area contributed by atoms with Gasteiger partial charge in [0.05, 0.1) is 11.0 Å². The van der Waals surface area contributed by atoms with E-state index in [1.54, 1.807) is 19.1 Å². The molecule has 0 radical (unpaired) electrons. The van der Waals surface area contributed by atoms with E-state index < -0.39 is 63.4 Å². The monoisotopic (exact) mass is 688 g/mol. The molecule has 0 bridgehead atoms. The Morgan fingerprint density at radius 1 is 0.820 bits per heavy atom. The zero-order valence-corrected chi connectivity index (χ0v) is 31.4. The summed E-state index contributed by atoms with van der Waals surface area (Å²) < 4.78 is 6.39. The Labute approximate surface area is 297 Å². The fourth-order valence-corrected chi connectivity index (χ4v) is 6.42. The van der Waals surface area contributed by atoms with Crippen LogP contribution >= 0.6 is 0 Å². The Morgan fingerprint density at radius 3 is 2.02 bits per heavy atom. The summed E-state index contributed by atoms with van der Waals surface area (Å²) in [6.07, 6.45) is 13.0. The van der Waals surface area contributed by atoms with Crippen molar-refractivity contribution < 1.29 is 39.5 Å². The predicted octanol–water partition coefficient (Wildman–Crippen LogP) is 10.2. The van der Waals surface area contributed by atoms with Gasteiger partial charge in [0.1, 0.15) is 45.5 Å². The van der Waals surface area contributed by atoms with E-state index in [0.717, 1.165) is 24.0 Å². The minimum atomic E-state index is -1.60. The van der Waals surface area contributed by atoms with Crippen molar-refractivity contribution >= 4 is 23.4 Å². The van der Waals surface area contributed by atoms with E-state index in [1.807, 2.05) is 54.5 Å². The van der Waals surface area contributed by atoms with Crippen molar-refractivity contribution in [3.63, 3.8) is 0 Å². The third-order valence-corrected chi connectivity index (χ3v) is 9.54. The number of Topliss-reactive ketones (excluding diaryl/α,β-unsaturated/α-hetero) is 3. The molecule has 4 N–H and O–H groups in total. The molecule has 0 saturated heterocycles. The largest absolute Gasteiger partial charge is 0.511 e. The van der Waals surface area contributed by atoms with Crippen molar-refractivity contribution in [2.75, 3.05) is 0 Å². The Kier molecular flexibility index (Phi) is 13.3. The number of allylic oxidation sites excluding steroid dienone is 9. The summed E-state index contributed by atoms with van der Waals surface area (Å²) in [6.45, 7) is 17.0. The van der Waals surface area contributed by atoms with Crippen LogP contribution in [0.2, 0.25) is 0 Å². The van der Waals surface area contributed by atoms with Crippen LogP contribution in [0, 0.1) is 5.41 Å². The summed E-state index contributed by atoms with van der Waals surface area (Å²) in [7, 11) is 0. The zero-order valence-electron chi connectivity index (χ0n) is 31.4. The minimum absolute atomic E-state index is 0.00631. The molecule has 1 unspecified atom stereocenters. The normalized spacial score (nSPS) is 20.4. The summed E-state index contributed by atoms with van der Waals surface area (Å²) in [5.74, 6) is -3.65. The highest BCUT2D eigenvalue weighted by Crippen LogP contribution is 2.51. The molecule has 1 aliphatic carbocycles. The molecule has 2 atom stereocenters. The fraction of sp³-hybridized carbons (Fsp3) is 0.500. The molecule has 8 heteroatoms. The number of carbonyl (C=O) groups is 3. The van der Waals surface area contributed by atoms with Crippen LogP contribution in [0.5, 0.6) is 17.2 Å². The van der Waals surface area contributed by atoms with Gasteiger partial charge in [-0.15, -0.1) is 0 Å². The summed E-state index contributed by atoms with van der Waals surface area (Å²) in [6, 6.07) is 0. The third kappa shape index (κ3) is 8.69. The van der Waals surface area contributed by atoms with Gasteiger partial charge in [-0.05, 0) is 106 Å². The Bertz CT molecular complexity index is 1700. The van der Waals surface area contributed by atoms with Gasteiger partial charge < -0.3 is 25.2 Å². The number of aliphatic hydroxyl groups is 2. The van der Waals surface area contributed by atoms with Gasteiger partial charge in [0.25, 0.3) is 0 Å². The van der Waals surface area contributed by atoms with Gasteiger partial charge in [0, 0.05) is 30.4 Å². The topological polar surface area (TPSA) is 141 Å². The van der Waals surface area contributed by atoms with E-state index in [-0.39, 0.29) is 47.3 Å². The highest BCUT2D eigenvalue weighted by Gasteiger charge is 2.48. The van der Waals surface area contributed by atoms with E-state index in [2.05, 4.69) is 12.2 Å². The summed E-state index contributed by atoms with van der Waals surface area (Å²) >= 11 is 0. The average molecular weight is 689 g/mol. The smallest absolute Gasteiger partial charge is 0.183 e. The molecule has 1 aromatic rings. The average Bonchev–Trinajstić information content (AvgIpc) is 3.02. The lowest BCUT2D eigenvalue weighted by atomic mass is 9.69. The fourth-order valence-electron chi connectivity index (χ4n) is 6.42. The molecule has 0 spiro atoms. The first kappa shape index (κ1) is 40.1. The molecule has 1 aliphatic heterocycles. The quantitative estimate of drug-likeness (QED) is 0.0764. The molecule has 1 heterocycles. The summed E-state index contributed by atoms with van der Waals surface area (Å²) in [5.41, 5.74) is 0.305. The Balaban J connectivity index is 2.23. The first-order chi connectivity index (χ1) is 23.4. The lowest BCUT2D eigenvalue weighted by Gasteiger charge is -2.35. The molecule has 0 amide bonds. The standard InChI is InChI=1S/C42H56O8/c1-10-14-31(43)33-36(46)29(35(45)28-20-22-41(8,50-38(28)33)21-13-17-26(5)6)24-30-37(47)34(32(44)15-11-2)40(49)42(9,39(30)48)23-19-27(7)18-12-16-25(3)4/h16-17,19-20,22,45-48H,10-15,18,21,23-24H2,1-9H3/b27-19+/t41?,42-/m1/s1. The van der Waals surface area contributed by atoms with Gasteiger partial charge >= 0.3 is 0 Å². The number of phenols is 2. The number of aromatic hydroxyl groups is 2. The maximum absolute atomic E-state index is 14.0. The van der Waals surface area contributed by atoms with Gasteiger partial charge in [-0.2, -0.15) is 0 Å². The van der Waals surface area contributed by atoms with Gasteiger partial charge in [-0.3, -0.25) is 14.4 Å². The molecule has 50 heavy (non-hydrogen) atoms. The number of aliphatic hydroxyl groups excluding tert-OH is 2. The van der Waals surface area contributed by atoms with Crippen LogP contribution in [0.4, 0.5) is 0 Å². The number of rotatable bonds is 16. The van der Waals surface area contributed by atoms with Crippen molar-refractivity contribution in [2.45, 2.75) is 132 Å². The second-order valence-corrected chi connectivity index (χ2v) is 14.7. The number of ether oxygens (including phenoxy) is 1. The van der Waals surface area contributed by atoms with E-state index in [1.165, 1.54) is 12.5 Å². The molecular weight excluding hydrogens is 632 g/mol. The van der Waals surface area contributed by atoms with Gasteiger partial charge in [-0.25, -0.2) is 0 Å². The lowest BCUT2D eigenvalue weighted by molar-refractivity contribution is -0.127. The number of benzene rings is 1. The third-order valence-electron chi connectivity index (χ3n) is 9.54. The molecule has 0 aromatic heterocycles. The molecule has 2 aliphatic rings. The molecule has 272 valence electrons. The van der Waals surface area contributed by atoms with Crippen LogP contribution < -0.4 is 4.74 Å². The summed E-state index contributed by atoms with van der Waals surface area (Å²) in [5, 5.41) is 46.7. The Morgan fingerprint density at radius 2 is 1.42 bits per heavy atom. The second kappa shape index (κ2) is 16.6. The SMILES string of the molecule is CCCC(=O)C1=C(O)C(Cc2c(O)c3c(c(C(=O)CCC)c2O)OC(C)(CCC=C(C)C)C=C3)=C(O)[C@@](C)(C/C=C(\C)CCC=C(C)C)C1=O. The van der Waals surface area contributed by atoms with Crippen molar-refractivity contribution in [1.29, 1.82) is 0 Å². The highest BCUT2D eigenvalue weighted by atomic mass is 16.5. The number of hydrogen-bond acceptors (Lipinski definition) is 8. The number of phenolic OH excluding ortho intramolecular Hbond substituents is 2. The van der Waals surface area contributed by atoms with Crippen LogP contribution in [0.15, 0.2) is 63.7 Å². The second-order valence-electron chi connectivity index (χ2n) is 14.7. The van der Waals surface area contributed by atoms with Gasteiger partial charge in [-0.1, -0.05) is 48.8 Å². The number of ketones is 3. The van der Waals surface area contributed by atoms with E-state index in [9.17, 15) is 34.8 Å². The summed E-state index contributed by atoms with van der Waals surface area (Å²) in [4.78, 5) is 40.9. The maximum Gasteiger partial charge on any atom is 0.183 e. The molecule has 3 rings (SSSR count). The van der Waals surface area contributed by atoms with E-state index >= 15 is 0 Å². The lowest BCUT2D eigenvalue weighted by Crippen LogP contribution is -2.39. The number of hydrogen-bond donors (Lipinski definition) is 4. The van der Waals surface area contributed by atoms with Crippen molar-refractivity contribution in [3.05, 3.63) is 80.4 Å². The van der Waals surface area contributed by atoms with Gasteiger partial charge in [0.2, 0.25) is 0 Å². The molecule has 1 aromatic carbocycles. The van der Waals surface area contributed by atoms with E-state index in [0.29, 0.717) is 25.7 Å². The first-order valence-electron chi connectivity index (χ1n) is 17.8. The molecule has 8 nitrogen and oxygen atoms in total. The van der Waals surface area contributed by atoms with Crippen LogP contribution in [0.25, 0.3) is 6.08 Å². The number of fused-ring (bicyclic) bond motifs is 1. The van der Waals surface area contributed by atoms with Crippen LogP contribution in [-0.4, -0.2) is 43.4 Å². The first-order valence-corrected chi connectivity index (χ1v) is 17.8. The minimum Gasteiger partial charge on any atom is -0.511 e. The van der Waals surface area contributed by atoms with Crippen molar-refractivity contribution in [1.82, 2.24) is 0 Å². The highest BCUT2D eigenvalue weighted by molar-refractivity contribution is 6.24. The Hall–Kier alpha value is -4.33. The molecule has 0 saturated carbocycles. The van der Waals surface area contributed by atoms with Crippen LogP contribution in [0.1, 0.15) is 142 Å². The van der Waals surface area contributed by atoms with Crippen molar-refractivity contribution in [3.8, 4) is 17.2 Å². The van der Waals surface area contributed by atoms with Crippen molar-refractivity contribution in [2.24, 2.45) is 5.41 Å². The van der Waals surface area contributed by atoms with Crippen LogP contribution in [0.3, 0.4) is 0 Å². The number of carbonyl (C=O) groups excluding carboxylic acids is 3. The maximum atomic E-state index is 14.0. The molecule has 0 fully saturated rings.